The predicted octanol–water partition coefficient (Wildman–Crippen LogP) is 5.56. The lowest BCUT2D eigenvalue weighted by atomic mass is 9.92. The second-order valence-corrected chi connectivity index (χ2v) is 7.96. The van der Waals surface area contributed by atoms with Gasteiger partial charge in [0.2, 0.25) is 0 Å². The number of nitrogens with zero attached hydrogens (tertiary/aromatic N) is 1. The minimum Gasteiger partial charge on any atom is -0.292 e. The first-order chi connectivity index (χ1) is 9.45. The average Bonchev–Trinajstić information content (AvgIpc) is 2.72. The number of hydrogen-bond donors (Lipinski definition) is 0. The van der Waals surface area contributed by atoms with Crippen molar-refractivity contribution in [1.29, 1.82) is 5.26 Å². The molecule has 0 aliphatic carbocycles. The fourth-order valence-electron chi connectivity index (χ4n) is 1.70. The van der Waals surface area contributed by atoms with E-state index in [1.165, 1.54) is 29.5 Å². The molecule has 0 bridgehead atoms. The van der Waals surface area contributed by atoms with E-state index in [9.17, 15) is 14.4 Å². The molecule has 2 nitrogen and oxygen atoms in total. The Balaban J connectivity index is 2.51. The molecule has 1 unspecified atom stereocenters. The number of Topliss-reactive ketones (excluding diaryl/α,β-unsaturated/α-hetero) is 1. The number of thiophene rings is 1. The molecular weight excluding hydrogens is 432 g/mol. The molecule has 0 radical (unpaired) electrons. The van der Waals surface area contributed by atoms with Crippen molar-refractivity contribution in [1.82, 2.24) is 0 Å². The lowest BCUT2D eigenvalue weighted by Crippen LogP contribution is -2.13. The van der Waals surface area contributed by atoms with Crippen molar-refractivity contribution >= 4 is 60.6 Å². The highest BCUT2D eigenvalue weighted by atomic mass is 79.9. The molecule has 0 saturated heterocycles. The van der Waals surface area contributed by atoms with Gasteiger partial charge in [0.1, 0.15) is 11.7 Å². The van der Waals surface area contributed by atoms with Gasteiger partial charge >= 0.3 is 0 Å². The molecule has 0 spiro atoms. The molecule has 0 N–H and O–H groups in total. The highest BCUT2D eigenvalue weighted by Gasteiger charge is 2.29. The van der Waals surface area contributed by atoms with Gasteiger partial charge in [-0.3, -0.25) is 4.79 Å². The van der Waals surface area contributed by atoms with Crippen LogP contribution >= 0.6 is 54.8 Å². The predicted molar refractivity (Wildman–Crippen MR) is 83.8 cm³/mol. The quantitative estimate of drug-likeness (QED) is 0.590. The Hall–Kier alpha value is -0.740. The molecule has 0 fully saturated rings. The summed E-state index contributed by atoms with van der Waals surface area (Å²) in [4.78, 5) is 12.4. The largest absolute Gasteiger partial charge is 0.292 e. The molecule has 0 aliphatic rings. The summed E-state index contributed by atoms with van der Waals surface area (Å²) in [5.41, 5.74) is 0.239. The molecule has 1 aromatic carbocycles. The normalized spacial score (nSPS) is 11.9. The van der Waals surface area contributed by atoms with Crippen LogP contribution in [0.5, 0.6) is 0 Å². The maximum atomic E-state index is 13.9. The molecular formula is C13H5Br2ClFNOS. The van der Waals surface area contributed by atoms with E-state index in [-0.39, 0.29) is 10.6 Å². The van der Waals surface area contributed by atoms with Crippen molar-refractivity contribution in [3.05, 3.63) is 53.8 Å². The van der Waals surface area contributed by atoms with Gasteiger partial charge in [-0.15, -0.1) is 11.3 Å². The monoisotopic (exact) mass is 435 g/mol. The van der Waals surface area contributed by atoms with Crippen LogP contribution in [-0.4, -0.2) is 5.78 Å². The van der Waals surface area contributed by atoms with Crippen molar-refractivity contribution in [2.75, 3.05) is 0 Å². The number of rotatable bonds is 3. The summed E-state index contributed by atoms with van der Waals surface area (Å²) in [6.45, 7) is 0. The molecule has 102 valence electrons. The van der Waals surface area contributed by atoms with Crippen LogP contribution in [0.1, 0.15) is 21.8 Å². The molecule has 2 rings (SSSR count). The molecule has 0 saturated carbocycles. The van der Waals surface area contributed by atoms with Crippen molar-refractivity contribution in [3.63, 3.8) is 0 Å². The molecule has 1 atom stereocenters. The Morgan fingerprint density at radius 2 is 2.15 bits per heavy atom. The van der Waals surface area contributed by atoms with E-state index < -0.39 is 17.5 Å². The zero-order chi connectivity index (χ0) is 14.9. The highest BCUT2D eigenvalue weighted by molar-refractivity contribution is 9.12. The van der Waals surface area contributed by atoms with E-state index in [0.717, 1.165) is 3.79 Å². The van der Waals surface area contributed by atoms with Crippen molar-refractivity contribution < 1.29 is 9.18 Å². The Labute approximate surface area is 140 Å². The van der Waals surface area contributed by atoms with Gasteiger partial charge in [0.05, 0.1) is 13.6 Å². The van der Waals surface area contributed by atoms with Crippen LogP contribution in [0.15, 0.2) is 31.8 Å². The van der Waals surface area contributed by atoms with Crippen LogP contribution in [0, 0.1) is 17.1 Å². The second-order valence-electron chi connectivity index (χ2n) is 3.80. The molecule has 20 heavy (non-hydrogen) atoms. The molecule has 1 heterocycles. The van der Waals surface area contributed by atoms with E-state index in [0.29, 0.717) is 9.35 Å². The summed E-state index contributed by atoms with van der Waals surface area (Å²) < 4.78 is 15.2. The minimum absolute atomic E-state index is 0.0651. The fourth-order valence-corrected chi connectivity index (χ4v) is 4.79. The Morgan fingerprint density at radius 1 is 1.45 bits per heavy atom. The van der Waals surface area contributed by atoms with Crippen molar-refractivity contribution in [2.45, 2.75) is 5.92 Å². The van der Waals surface area contributed by atoms with E-state index in [2.05, 4.69) is 31.9 Å². The maximum Gasteiger partial charge on any atom is 0.186 e. The summed E-state index contributed by atoms with van der Waals surface area (Å²) in [5.74, 6) is -2.43. The van der Waals surface area contributed by atoms with Crippen LogP contribution in [0.4, 0.5) is 4.39 Å². The smallest absolute Gasteiger partial charge is 0.186 e. The molecule has 0 aliphatic heterocycles. The number of ketones is 1. The van der Waals surface area contributed by atoms with Crippen LogP contribution in [0.3, 0.4) is 0 Å². The number of carbonyl (C=O) groups excluding carboxylic acids is 1. The first kappa shape index (κ1) is 15.6. The highest BCUT2D eigenvalue weighted by Crippen LogP contribution is 2.36. The zero-order valence-corrected chi connectivity index (χ0v) is 14.4. The summed E-state index contributed by atoms with van der Waals surface area (Å²) in [6.07, 6.45) is 0. The number of hydrogen-bond acceptors (Lipinski definition) is 3. The summed E-state index contributed by atoms with van der Waals surface area (Å²) in [7, 11) is 0. The van der Waals surface area contributed by atoms with Gasteiger partial charge in [0.15, 0.2) is 5.78 Å². The van der Waals surface area contributed by atoms with Gasteiger partial charge in [-0.2, -0.15) is 5.26 Å². The van der Waals surface area contributed by atoms with E-state index in [4.69, 9.17) is 11.6 Å². The zero-order valence-electron chi connectivity index (χ0n) is 9.66. The van der Waals surface area contributed by atoms with Gasteiger partial charge in [-0.05, 0) is 50.1 Å². The SMILES string of the molecule is N#CC(C(=O)c1cc(Br)sc1Br)c1c(F)cccc1Cl. The molecule has 1 aromatic heterocycles. The van der Waals surface area contributed by atoms with E-state index >= 15 is 0 Å². The number of nitriles is 1. The lowest BCUT2D eigenvalue weighted by Gasteiger charge is -2.11. The Bertz CT molecular complexity index is 705. The Kier molecular flexibility index (Phi) is 4.97. The molecule has 2 aromatic rings. The van der Waals surface area contributed by atoms with Gasteiger partial charge in [-0.25, -0.2) is 4.39 Å². The maximum absolute atomic E-state index is 13.9. The number of carbonyl (C=O) groups is 1. The van der Waals surface area contributed by atoms with Crippen LogP contribution < -0.4 is 0 Å². The van der Waals surface area contributed by atoms with Crippen molar-refractivity contribution in [3.8, 4) is 6.07 Å². The van der Waals surface area contributed by atoms with E-state index in [1.54, 1.807) is 6.07 Å². The van der Waals surface area contributed by atoms with Crippen LogP contribution in [0.2, 0.25) is 5.02 Å². The molecule has 0 amide bonds. The summed E-state index contributed by atoms with van der Waals surface area (Å²) in [5, 5.41) is 9.30. The lowest BCUT2D eigenvalue weighted by molar-refractivity contribution is 0.0977. The first-order valence-corrected chi connectivity index (χ1v) is 8.06. The number of benzene rings is 1. The Morgan fingerprint density at radius 3 is 2.65 bits per heavy atom. The van der Waals surface area contributed by atoms with Gasteiger partial charge in [0, 0.05) is 16.1 Å². The van der Waals surface area contributed by atoms with Crippen LogP contribution in [0.25, 0.3) is 0 Å². The first-order valence-electron chi connectivity index (χ1n) is 5.28. The van der Waals surface area contributed by atoms with Gasteiger partial charge in [0.25, 0.3) is 0 Å². The average molecular weight is 438 g/mol. The fraction of sp³-hybridized carbons (Fsp3) is 0.0769. The standard InChI is InChI=1S/C13H5Br2ClFNOS/c14-10-4-6(13(15)20-10)12(19)7(5-18)11-8(16)2-1-3-9(11)17/h1-4,7H. The topological polar surface area (TPSA) is 40.9 Å². The summed E-state index contributed by atoms with van der Waals surface area (Å²) >= 11 is 13.7. The second kappa shape index (κ2) is 6.35. The van der Waals surface area contributed by atoms with E-state index in [1.807, 2.05) is 6.07 Å². The van der Waals surface area contributed by atoms with Crippen molar-refractivity contribution in [2.24, 2.45) is 0 Å². The number of halogens is 4. The molecule has 7 heteroatoms. The van der Waals surface area contributed by atoms with Crippen LogP contribution in [-0.2, 0) is 0 Å². The minimum atomic E-state index is -1.28. The third-order valence-corrected chi connectivity index (χ3v) is 5.27. The third kappa shape index (κ3) is 2.96. The van der Waals surface area contributed by atoms with Gasteiger partial charge in [-0.1, -0.05) is 17.7 Å². The van der Waals surface area contributed by atoms with Gasteiger partial charge < -0.3 is 0 Å². The summed E-state index contributed by atoms with van der Waals surface area (Å²) in [6, 6.07) is 7.48. The third-order valence-electron chi connectivity index (χ3n) is 2.60.